The average molecular weight is 341 g/mol. The Labute approximate surface area is 152 Å². The van der Waals surface area contributed by atoms with Gasteiger partial charge in [0.2, 0.25) is 0 Å². The molecule has 1 N–H and O–H groups in total. The molecule has 2 heteroatoms. The number of aliphatic hydroxyl groups is 1. The van der Waals surface area contributed by atoms with Crippen LogP contribution >= 0.6 is 0 Å². The lowest BCUT2D eigenvalue weighted by Crippen LogP contribution is -2.40. The second kappa shape index (κ2) is 9.05. The molecule has 136 valence electrons. The normalized spacial score (nSPS) is 15.2. The van der Waals surface area contributed by atoms with Gasteiger partial charge >= 0.3 is 0 Å². The Morgan fingerprint density at radius 2 is 1.44 bits per heavy atom. The fourth-order valence-electron chi connectivity index (χ4n) is 3.32. The third-order valence-corrected chi connectivity index (χ3v) is 5.25. The zero-order chi connectivity index (χ0) is 18.3. The van der Waals surface area contributed by atoms with Gasteiger partial charge in [0.05, 0.1) is 12.7 Å². The second-order valence-corrected chi connectivity index (χ2v) is 7.74. The molecule has 0 heterocycles. The van der Waals surface area contributed by atoms with Gasteiger partial charge in [0.15, 0.2) is 0 Å². The topological polar surface area (TPSA) is 29.5 Å². The van der Waals surface area contributed by atoms with Crippen LogP contribution in [0.4, 0.5) is 0 Å². The van der Waals surface area contributed by atoms with E-state index in [1.54, 1.807) is 0 Å². The SMILES string of the molecule is CC(C)CCC(COc1ccccc1)(C(C)C)C(O)c1ccccc1. The van der Waals surface area contributed by atoms with Crippen molar-refractivity contribution in [1.82, 2.24) is 0 Å². The smallest absolute Gasteiger partial charge is 0.119 e. The molecule has 0 fully saturated rings. The van der Waals surface area contributed by atoms with Crippen LogP contribution in [0.3, 0.4) is 0 Å². The lowest BCUT2D eigenvalue weighted by molar-refractivity contribution is -0.0542. The molecule has 25 heavy (non-hydrogen) atoms. The molecule has 2 unspecified atom stereocenters. The van der Waals surface area contributed by atoms with E-state index in [1.807, 2.05) is 60.7 Å². The van der Waals surface area contributed by atoms with Crippen molar-refractivity contribution in [2.24, 2.45) is 17.3 Å². The summed E-state index contributed by atoms with van der Waals surface area (Å²) in [5, 5.41) is 11.3. The van der Waals surface area contributed by atoms with Crippen molar-refractivity contribution < 1.29 is 9.84 Å². The van der Waals surface area contributed by atoms with Gasteiger partial charge in [0.1, 0.15) is 5.75 Å². The first kappa shape index (κ1) is 19.5. The van der Waals surface area contributed by atoms with Crippen molar-refractivity contribution in [1.29, 1.82) is 0 Å². The van der Waals surface area contributed by atoms with Gasteiger partial charge < -0.3 is 9.84 Å². The van der Waals surface area contributed by atoms with E-state index < -0.39 is 6.10 Å². The molecule has 0 aliphatic rings. The first-order valence-corrected chi connectivity index (χ1v) is 9.36. The van der Waals surface area contributed by atoms with Gasteiger partial charge in [-0.3, -0.25) is 0 Å². The number of aliphatic hydroxyl groups excluding tert-OH is 1. The van der Waals surface area contributed by atoms with E-state index in [-0.39, 0.29) is 5.41 Å². The highest BCUT2D eigenvalue weighted by atomic mass is 16.5. The van der Waals surface area contributed by atoms with Crippen molar-refractivity contribution in [2.45, 2.75) is 46.6 Å². The third-order valence-electron chi connectivity index (χ3n) is 5.25. The lowest BCUT2D eigenvalue weighted by Gasteiger charge is -2.42. The third kappa shape index (κ3) is 5.09. The minimum absolute atomic E-state index is 0.296. The summed E-state index contributed by atoms with van der Waals surface area (Å²) >= 11 is 0. The van der Waals surface area contributed by atoms with Crippen molar-refractivity contribution in [3.8, 4) is 5.75 Å². The molecule has 0 spiro atoms. The maximum atomic E-state index is 11.3. The van der Waals surface area contributed by atoms with Gasteiger partial charge in [-0.25, -0.2) is 0 Å². The maximum Gasteiger partial charge on any atom is 0.119 e. The number of para-hydroxylation sites is 1. The Morgan fingerprint density at radius 1 is 0.880 bits per heavy atom. The summed E-state index contributed by atoms with van der Waals surface area (Å²) in [6.45, 7) is 9.37. The summed E-state index contributed by atoms with van der Waals surface area (Å²) in [6.07, 6.45) is 1.46. The van der Waals surface area contributed by atoms with Crippen LogP contribution in [0.5, 0.6) is 5.75 Å². The number of benzene rings is 2. The Kier molecular flexibility index (Phi) is 7.07. The molecular weight excluding hydrogens is 308 g/mol. The minimum atomic E-state index is -0.545. The molecule has 2 aromatic carbocycles. The fourth-order valence-corrected chi connectivity index (χ4v) is 3.32. The fraction of sp³-hybridized carbons (Fsp3) is 0.478. The Bertz CT molecular complexity index is 607. The van der Waals surface area contributed by atoms with E-state index in [0.29, 0.717) is 18.4 Å². The zero-order valence-corrected chi connectivity index (χ0v) is 16.0. The first-order chi connectivity index (χ1) is 12.0. The van der Waals surface area contributed by atoms with E-state index in [0.717, 1.165) is 24.2 Å². The Morgan fingerprint density at radius 3 is 1.96 bits per heavy atom. The minimum Gasteiger partial charge on any atom is -0.493 e. The molecule has 0 amide bonds. The average Bonchev–Trinajstić information content (AvgIpc) is 2.63. The van der Waals surface area contributed by atoms with Crippen molar-refractivity contribution >= 4 is 0 Å². The predicted molar refractivity (Wildman–Crippen MR) is 105 cm³/mol. The van der Waals surface area contributed by atoms with E-state index >= 15 is 0 Å². The molecule has 0 aliphatic carbocycles. The lowest BCUT2D eigenvalue weighted by atomic mass is 9.67. The van der Waals surface area contributed by atoms with Crippen LogP contribution in [0.25, 0.3) is 0 Å². The summed E-state index contributed by atoms with van der Waals surface area (Å²) in [6, 6.07) is 19.9. The molecule has 0 aliphatic heterocycles. The summed E-state index contributed by atoms with van der Waals surface area (Å²) < 4.78 is 6.15. The number of hydrogen-bond donors (Lipinski definition) is 1. The van der Waals surface area contributed by atoms with Crippen molar-refractivity contribution in [3.63, 3.8) is 0 Å². The van der Waals surface area contributed by atoms with Gasteiger partial charge in [-0.15, -0.1) is 0 Å². The highest BCUT2D eigenvalue weighted by Crippen LogP contribution is 2.45. The van der Waals surface area contributed by atoms with Gasteiger partial charge in [-0.05, 0) is 36.0 Å². The monoisotopic (exact) mass is 340 g/mol. The molecule has 2 aromatic rings. The molecule has 0 radical (unpaired) electrons. The molecule has 0 aromatic heterocycles. The summed E-state index contributed by atoms with van der Waals surface area (Å²) in [5.41, 5.74) is 0.651. The molecular formula is C23H32O2. The van der Waals surface area contributed by atoms with Crippen LogP contribution in [0, 0.1) is 17.3 Å². The Hall–Kier alpha value is -1.80. The van der Waals surface area contributed by atoms with Gasteiger partial charge in [0, 0.05) is 5.41 Å². The van der Waals surface area contributed by atoms with Gasteiger partial charge in [0.25, 0.3) is 0 Å². The number of rotatable bonds is 9. The largest absolute Gasteiger partial charge is 0.493 e. The molecule has 0 saturated carbocycles. The predicted octanol–water partition coefficient (Wildman–Crippen LogP) is 5.88. The van der Waals surface area contributed by atoms with E-state index in [4.69, 9.17) is 4.74 Å². The first-order valence-electron chi connectivity index (χ1n) is 9.36. The van der Waals surface area contributed by atoms with E-state index in [1.165, 1.54) is 0 Å². The van der Waals surface area contributed by atoms with Crippen molar-refractivity contribution in [3.05, 3.63) is 66.2 Å². The molecule has 0 bridgehead atoms. The van der Waals surface area contributed by atoms with Crippen LogP contribution < -0.4 is 4.74 Å². The second-order valence-electron chi connectivity index (χ2n) is 7.74. The molecule has 0 saturated heterocycles. The Balaban J connectivity index is 2.30. The highest BCUT2D eigenvalue weighted by molar-refractivity contribution is 5.23. The standard InChI is InChI=1S/C23H32O2/c1-18(2)15-16-23(19(3)4,17-25-21-13-9-6-10-14-21)22(24)20-11-7-5-8-12-20/h5-14,18-19,22,24H,15-17H2,1-4H3. The molecule has 2 rings (SSSR count). The summed E-state index contributed by atoms with van der Waals surface area (Å²) in [5.74, 6) is 1.75. The van der Waals surface area contributed by atoms with Crippen LogP contribution in [-0.4, -0.2) is 11.7 Å². The number of hydrogen-bond acceptors (Lipinski definition) is 2. The summed E-state index contributed by atoms with van der Waals surface area (Å²) in [4.78, 5) is 0. The maximum absolute atomic E-state index is 11.3. The highest BCUT2D eigenvalue weighted by Gasteiger charge is 2.42. The molecule has 2 nitrogen and oxygen atoms in total. The molecule has 2 atom stereocenters. The van der Waals surface area contributed by atoms with Crippen LogP contribution in [0.1, 0.15) is 52.2 Å². The van der Waals surface area contributed by atoms with E-state index in [9.17, 15) is 5.11 Å². The van der Waals surface area contributed by atoms with Gasteiger partial charge in [-0.2, -0.15) is 0 Å². The zero-order valence-electron chi connectivity index (χ0n) is 16.0. The van der Waals surface area contributed by atoms with Crippen LogP contribution in [-0.2, 0) is 0 Å². The van der Waals surface area contributed by atoms with Gasteiger partial charge in [-0.1, -0.05) is 82.6 Å². The van der Waals surface area contributed by atoms with E-state index in [2.05, 4.69) is 27.7 Å². The number of ether oxygens (including phenoxy) is 1. The van der Waals surface area contributed by atoms with Crippen LogP contribution in [0.15, 0.2) is 60.7 Å². The van der Waals surface area contributed by atoms with Crippen LogP contribution in [0.2, 0.25) is 0 Å². The summed E-state index contributed by atoms with van der Waals surface area (Å²) in [7, 11) is 0. The van der Waals surface area contributed by atoms with Crippen molar-refractivity contribution in [2.75, 3.05) is 6.61 Å². The quantitative estimate of drug-likeness (QED) is 0.618.